The van der Waals surface area contributed by atoms with Gasteiger partial charge in [0.1, 0.15) is 0 Å². The predicted octanol–water partition coefficient (Wildman–Crippen LogP) is 4.45. The summed E-state index contributed by atoms with van der Waals surface area (Å²) in [5.74, 6) is 1.29. The number of hydrogen-bond acceptors (Lipinski definition) is 8. The lowest BCUT2D eigenvalue weighted by Crippen LogP contribution is -2.16. The van der Waals surface area contributed by atoms with E-state index in [-0.39, 0.29) is 0 Å². The molecule has 0 amide bonds. The molecule has 2 N–H and O–H groups in total. The second kappa shape index (κ2) is 9.38. The first-order chi connectivity index (χ1) is 14.9. The minimum atomic E-state index is 0.384. The molecule has 1 heterocycles. The normalized spacial score (nSPS) is 10.4. The molecule has 0 spiro atoms. The fourth-order valence-electron chi connectivity index (χ4n) is 2.97. The molecule has 0 saturated heterocycles. The van der Waals surface area contributed by atoms with Crippen LogP contribution in [0.2, 0.25) is 0 Å². The Bertz CT molecular complexity index is 1170. The summed E-state index contributed by atoms with van der Waals surface area (Å²) in [7, 11) is 3.72. The van der Waals surface area contributed by atoms with E-state index in [1.54, 1.807) is 35.2 Å². The molecule has 31 heavy (non-hydrogen) atoms. The number of nitrogens with one attached hydrogen (secondary N) is 2. The van der Waals surface area contributed by atoms with E-state index in [9.17, 15) is 0 Å². The van der Waals surface area contributed by atoms with Crippen LogP contribution in [-0.4, -0.2) is 29.0 Å². The number of nitrogens with zero attached hydrogens (tertiary/aromatic N) is 6. The third-order valence-corrected chi connectivity index (χ3v) is 4.44. The number of hydrogen-bond donors (Lipinski definition) is 2. The van der Waals surface area contributed by atoms with Gasteiger partial charge in [-0.3, -0.25) is 0 Å². The van der Waals surface area contributed by atoms with Crippen molar-refractivity contribution in [2.45, 2.75) is 13.8 Å². The Kier molecular flexibility index (Phi) is 6.44. The summed E-state index contributed by atoms with van der Waals surface area (Å²) in [6.45, 7) is 3.98. The van der Waals surface area contributed by atoms with E-state index in [1.807, 2.05) is 46.1 Å². The van der Waals surface area contributed by atoms with Crippen LogP contribution in [0.25, 0.3) is 6.08 Å². The summed E-state index contributed by atoms with van der Waals surface area (Å²) < 4.78 is 0. The molecule has 0 aliphatic carbocycles. The van der Waals surface area contributed by atoms with Crippen LogP contribution >= 0.6 is 0 Å². The summed E-state index contributed by atoms with van der Waals surface area (Å²) in [6, 6.07) is 15.1. The number of rotatable bonds is 6. The molecule has 1 aromatic heterocycles. The van der Waals surface area contributed by atoms with Gasteiger partial charge in [0, 0.05) is 31.5 Å². The van der Waals surface area contributed by atoms with Crippen molar-refractivity contribution >= 4 is 35.3 Å². The zero-order valence-electron chi connectivity index (χ0n) is 17.8. The van der Waals surface area contributed by atoms with Crippen LogP contribution in [0.1, 0.15) is 22.3 Å². The van der Waals surface area contributed by atoms with Crippen molar-refractivity contribution < 1.29 is 0 Å². The summed E-state index contributed by atoms with van der Waals surface area (Å²) >= 11 is 0. The van der Waals surface area contributed by atoms with Crippen molar-refractivity contribution in [3.05, 3.63) is 64.7 Å². The van der Waals surface area contributed by atoms with E-state index in [0.29, 0.717) is 23.4 Å². The first-order valence-corrected chi connectivity index (χ1v) is 9.54. The fourth-order valence-corrected chi connectivity index (χ4v) is 2.97. The molecule has 0 aliphatic heterocycles. The van der Waals surface area contributed by atoms with Gasteiger partial charge in [-0.1, -0.05) is 0 Å². The highest BCUT2D eigenvalue weighted by atomic mass is 15.3. The first-order valence-electron chi connectivity index (χ1n) is 9.54. The molecular weight excluding hydrogens is 388 g/mol. The molecule has 0 saturated carbocycles. The molecule has 8 nitrogen and oxygen atoms in total. The summed E-state index contributed by atoms with van der Waals surface area (Å²) in [4.78, 5) is 15.3. The SMILES string of the molecule is Cc1cc(/C=C/C#N)cc(C)c1Nc1nc(Nc2ccc(C#N)cc2)nc(N(C)C)n1. The Balaban J connectivity index is 1.93. The summed E-state index contributed by atoms with van der Waals surface area (Å²) in [5.41, 5.74) is 5.21. The summed E-state index contributed by atoms with van der Waals surface area (Å²) in [5, 5.41) is 24.2. The molecule has 154 valence electrons. The topological polar surface area (TPSA) is 114 Å². The van der Waals surface area contributed by atoms with E-state index >= 15 is 0 Å². The molecule has 2 aromatic carbocycles. The number of aromatic nitrogens is 3. The third-order valence-electron chi connectivity index (χ3n) is 4.44. The fraction of sp³-hybridized carbons (Fsp3) is 0.174. The molecule has 0 aliphatic rings. The lowest BCUT2D eigenvalue weighted by molar-refractivity contribution is 0.965. The molecule has 0 radical (unpaired) electrons. The van der Waals surface area contributed by atoms with Gasteiger partial charge in [-0.25, -0.2) is 0 Å². The Morgan fingerprint density at radius 3 is 2.06 bits per heavy atom. The molecule has 3 aromatic rings. The van der Waals surface area contributed by atoms with Crippen LogP contribution in [0.15, 0.2) is 42.5 Å². The molecule has 8 heteroatoms. The van der Waals surface area contributed by atoms with E-state index in [0.717, 1.165) is 28.1 Å². The van der Waals surface area contributed by atoms with E-state index < -0.39 is 0 Å². The minimum Gasteiger partial charge on any atom is -0.347 e. The van der Waals surface area contributed by atoms with Gasteiger partial charge in [-0.15, -0.1) is 0 Å². The zero-order chi connectivity index (χ0) is 22.4. The second-order valence-electron chi connectivity index (χ2n) is 7.11. The van der Waals surface area contributed by atoms with Gasteiger partial charge in [-0.2, -0.15) is 25.5 Å². The lowest BCUT2D eigenvalue weighted by Gasteiger charge is -2.16. The monoisotopic (exact) mass is 410 g/mol. The number of allylic oxidation sites excluding steroid dienone is 1. The second-order valence-corrected chi connectivity index (χ2v) is 7.11. The van der Waals surface area contributed by atoms with Crippen LogP contribution in [0.4, 0.5) is 29.2 Å². The highest BCUT2D eigenvalue weighted by Crippen LogP contribution is 2.26. The van der Waals surface area contributed by atoms with Gasteiger partial charge in [0.05, 0.1) is 17.7 Å². The van der Waals surface area contributed by atoms with Crippen LogP contribution in [0.3, 0.4) is 0 Å². The molecule has 0 atom stereocenters. The maximum absolute atomic E-state index is 8.96. The molecule has 0 bridgehead atoms. The lowest BCUT2D eigenvalue weighted by atomic mass is 10.0. The van der Waals surface area contributed by atoms with Gasteiger partial charge < -0.3 is 15.5 Å². The Morgan fingerprint density at radius 1 is 0.903 bits per heavy atom. The quantitative estimate of drug-likeness (QED) is 0.573. The van der Waals surface area contributed by atoms with E-state index in [1.165, 1.54) is 6.08 Å². The highest BCUT2D eigenvalue weighted by molar-refractivity contribution is 5.68. The van der Waals surface area contributed by atoms with Crippen LogP contribution in [0, 0.1) is 36.5 Å². The molecule has 0 fully saturated rings. The Labute approximate surface area is 181 Å². The minimum absolute atomic E-state index is 0.384. The van der Waals surface area contributed by atoms with Crippen LogP contribution in [-0.2, 0) is 0 Å². The van der Waals surface area contributed by atoms with Crippen LogP contribution in [0.5, 0.6) is 0 Å². The average molecular weight is 410 g/mol. The van der Waals surface area contributed by atoms with Crippen molar-refractivity contribution in [2.24, 2.45) is 0 Å². The largest absolute Gasteiger partial charge is 0.347 e. The number of anilines is 5. The number of aryl methyl sites for hydroxylation is 2. The third kappa shape index (κ3) is 5.34. The van der Waals surface area contributed by atoms with Gasteiger partial charge in [0.2, 0.25) is 17.8 Å². The van der Waals surface area contributed by atoms with Crippen molar-refractivity contribution in [2.75, 3.05) is 29.6 Å². The standard InChI is InChI=1S/C23H22N8/c1-15-12-18(6-5-11-24)13-16(2)20(15)27-22-28-21(29-23(30-22)31(3)4)26-19-9-7-17(14-25)8-10-19/h5-10,12-13H,1-4H3,(H2,26,27,28,29,30)/b6-5+. The van der Waals surface area contributed by atoms with Gasteiger partial charge in [-0.05, 0) is 73.0 Å². The maximum Gasteiger partial charge on any atom is 0.233 e. The first kappa shape index (κ1) is 21.3. The Morgan fingerprint density at radius 2 is 1.52 bits per heavy atom. The predicted molar refractivity (Wildman–Crippen MR) is 122 cm³/mol. The van der Waals surface area contributed by atoms with Crippen LogP contribution < -0.4 is 15.5 Å². The number of benzene rings is 2. The molecule has 0 unspecified atom stereocenters. The Hall–Kier alpha value is -4.43. The zero-order valence-corrected chi connectivity index (χ0v) is 17.8. The van der Waals surface area contributed by atoms with Crippen molar-refractivity contribution in [1.82, 2.24) is 15.0 Å². The molecular formula is C23H22N8. The molecule has 3 rings (SSSR count). The van der Waals surface area contributed by atoms with Crippen molar-refractivity contribution in [3.63, 3.8) is 0 Å². The smallest absolute Gasteiger partial charge is 0.233 e. The maximum atomic E-state index is 8.96. The summed E-state index contributed by atoms with van der Waals surface area (Å²) in [6.07, 6.45) is 3.23. The van der Waals surface area contributed by atoms with Gasteiger partial charge in [0.25, 0.3) is 0 Å². The van der Waals surface area contributed by atoms with Crippen molar-refractivity contribution in [3.8, 4) is 12.1 Å². The van der Waals surface area contributed by atoms with Crippen molar-refractivity contribution in [1.29, 1.82) is 10.5 Å². The van der Waals surface area contributed by atoms with E-state index in [4.69, 9.17) is 10.5 Å². The number of nitriles is 2. The van der Waals surface area contributed by atoms with Gasteiger partial charge in [0.15, 0.2) is 0 Å². The highest BCUT2D eigenvalue weighted by Gasteiger charge is 2.12. The van der Waals surface area contributed by atoms with Gasteiger partial charge >= 0.3 is 0 Å². The average Bonchev–Trinajstić information content (AvgIpc) is 2.75. The van der Waals surface area contributed by atoms with E-state index in [2.05, 4.69) is 31.7 Å².